The second-order valence-electron chi connectivity index (χ2n) is 3.87. The van der Waals surface area contributed by atoms with Crippen LogP contribution < -0.4 is 0 Å². The molecule has 6 nitrogen and oxygen atoms in total. The van der Waals surface area contributed by atoms with Gasteiger partial charge in [-0.1, -0.05) is 0 Å². The Morgan fingerprint density at radius 2 is 2.22 bits per heavy atom. The van der Waals surface area contributed by atoms with Crippen molar-refractivity contribution in [1.82, 2.24) is 4.90 Å². The third-order valence-electron chi connectivity index (χ3n) is 2.63. The van der Waals surface area contributed by atoms with Gasteiger partial charge in [0.05, 0.1) is 23.6 Å². The second kappa shape index (κ2) is 5.54. The van der Waals surface area contributed by atoms with Crippen LogP contribution in [-0.4, -0.2) is 40.5 Å². The Balaban J connectivity index is 3.17. The molecule has 0 heterocycles. The predicted molar refractivity (Wildman–Crippen MR) is 61.7 cm³/mol. The number of nitrogens with zero attached hydrogens (tertiary/aromatic N) is 2. The lowest BCUT2D eigenvalue weighted by Gasteiger charge is -2.22. The SMILES string of the molecule is CC(CO)N(C)C(=O)c1ccc(F)cc1[N+](=O)[O-]. The van der Waals surface area contributed by atoms with Gasteiger partial charge in [0.1, 0.15) is 11.4 Å². The maximum Gasteiger partial charge on any atom is 0.285 e. The van der Waals surface area contributed by atoms with Crippen LogP contribution in [0.15, 0.2) is 18.2 Å². The maximum absolute atomic E-state index is 12.9. The molecule has 0 aliphatic carbocycles. The first-order valence-electron chi connectivity index (χ1n) is 5.20. The highest BCUT2D eigenvalue weighted by Crippen LogP contribution is 2.21. The zero-order chi connectivity index (χ0) is 13.9. The molecule has 1 N–H and O–H groups in total. The Morgan fingerprint density at radius 3 is 2.72 bits per heavy atom. The summed E-state index contributed by atoms with van der Waals surface area (Å²) >= 11 is 0. The van der Waals surface area contributed by atoms with Gasteiger partial charge in [-0.2, -0.15) is 0 Å². The largest absolute Gasteiger partial charge is 0.394 e. The smallest absolute Gasteiger partial charge is 0.285 e. The van der Waals surface area contributed by atoms with Gasteiger partial charge >= 0.3 is 0 Å². The minimum absolute atomic E-state index is 0.204. The average molecular weight is 256 g/mol. The fourth-order valence-electron chi connectivity index (χ4n) is 1.35. The Morgan fingerprint density at radius 1 is 1.61 bits per heavy atom. The van der Waals surface area contributed by atoms with Crippen LogP contribution in [0.1, 0.15) is 17.3 Å². The molecule has 1 amide bonds. The van der Waals surface area contributed by atoms with Crippen LogP contribution in [0.5, 0.6) is 0 Å². The van der Waals surface area contributed by atoms with Gasteiger partial charge in [-0.3, -0.25) is 14.9 Å². The van der Waals surface area contributed by atoms with Crippen LogP contribution in [-0.2, 0) is 0 Å². The monoisotopic (exact) mass is 256 g/mol. The zero-order valence-corrected chi connectivity index (χ0v) is 9.96. The van der Waals surface area contributed by atoms with Gasteiger partial charge in [-0.15, -0.1) is 0 Å². The summed E-state index contributed by atoms with van der Waals surface area (Å²) < 4.78 is 12.9. The van der Waals surface area contributed by atoms with Crippen LogP contribution in [0.25, 0.3) is 0 Å². The number of carbonyl (C=O) groups excluding carboxylic acids is 1. The number of likely N-dealkylation sites (N-methyl/N-ethyl adjacent to an activating group) is 1. The van der Waals surface area contributed by atoms with E-state index in [2.05, 4.69) is 0 Å². The molecule has 0 spiro atoms. The molecular weight excluding hydrogens is 243 g/mol. The fraction of sp³-hybridized carbons (Fsp3) is 0.364. The van der Waals surface area contributed by atoms with Crippen LogP contribution in [0, 0.1) is 15.9 Å². The number of rotatable bonds is 4. The molecule has 0 saturated heterocycles. The molecule has 0 radical (unpaired) electrons. The first kappa shape index (κ1) is 14.0. The van der Waals surface area contributed by atoms with Gasteiger partial charge < -0.3 is 10.0 Å². The van der Waals surface area contributed by atoms with Gasteiger partial charge in [0.25, 0.3) is 11.6 Å². The van der Waals surface area contributed by atoms with E-state index in [4.69, 9.17) is 5.11 Å². The summed E-state index contributed by atoms with van der Waals surface area (Å²) in [6.07, 6.45) is 0. The van der Waals surface area contributed by atoms with Gasteiger partial charge in [0.15, 0.2) is 0 Å². The van der Waals surface area contributed by atoms with E-state index < -0.39 is 28.4 Å². The molecule has 18 heavy (non-hydrogen) atoms. The standard InChI is InChI=1S/C11H13FN2O4/c1-7(6-15)13(2)11(16)9-4-3-8(12)5-10(9)14(17)18/h3-5,7,15H,6H2,1-2H3. The molecule has 7 heteroatoms. The van der Waals surface area contributed by atoms with Crippen molar-refractivity contribution < 1.29 is 19.2 Å². The van der Waals surface area contributed by atoms with Crippen LogP contribution >= 0.6 is 0 Å². The summed E-state index contributed by atoms with van der Waals surface area (Å²) in [5, 5.41) is 19.7. The van der Waals surface area contributed by atoms with E-state index in [0.29, 0.717) is 6.07 Å². The molecule has 1 atom stereocenters. The Labute approximate surface area is 103 Å². The Kier molecular flexibility index (Phi) is 4.33. The third kappa shape index (κ3) is 2.80. The molecule has 1 unspecified atom stereocenters. The maximum atomic E-state index is 12.9. The number of hydrogen-bond acceptors (Lipinski definition) is 4. The number of nitro benzene ring substituents is 1. The average Bonchev–Trinajstić information content (AvgIpc) is 2.35. The molecule has 0 fully saturated rings. The summed E-state index contributed by atoms with van der Waals surface area (Å²) in [5.41, 5.74) is -0.791. The first-order valence-corrected chi connectivity index (χ1v) is 5.20. The van der Waals surface area contributed by atoms with Crippen molar-refractivity contribution in [1.29, 1.82) is 0 Å². The van der Waals surface area contributed by atoms with Gasteiger partial charge in [-0.05, 0) is 19.1 Å². The number of halogens is 1. The van der Waals surface area contributed by atoms with E-state index in [1.54, 1.807) is 6.92 Å². The number of amides is 1. The number of benzene rings is 1. The lowest BCUT2D eigenvalue weighted by Crippen LogP contribution is -2.37. The number of aliphatic hydroxyl groups is 1. The van der Waals surface area contributed by atoms with E-state index in [0.717, 1.165) is 12.1 Å². The molecule has 0 aliphatic heterocycles. The minimum atomic E-state index is -0.812. The predicted octanol–water partition coefficient (Wildman–Crippen LogP) is 1.19. The molecule has 1 aromatic rings. The summed E-state index contributed by atoms with van der Waals surface area (Å²) in [4.78, 5) is 23.1. The van der Waals surface area contributed by atoms with E-state index in [1.807, 2.05) is 0 Å². The summed E-state index contributed by atoms with van der Waals surface area (Å²) in [6.45, 7) is 1.32. The summed E-state index contributed by atoms with van der Waals surface area (Å²) in [5.74, 6) is -1.42. The number of hydrogen-bond donors (Lipinski definition) is 1. The van der Waals surface area contributed by atoms with Gasteiger partial charge in [0.2, 0.25) is 0 Å². The number of nitro groups is 1. The fourth-order valence-corrected chi connectivity index (χ4v) is 1.35. The molecule has 0 aliphatic rings. The van der Waals surface area contributed by atoms with E-state index in [1.165, 1.54) is 11.9 Å². The molecule has 0 bridgehead atoms. The van der Waals surface area contributed by atoms with Crippen molar-refractivity contribution in [2.75, 3.05) is 13.7 Å². The highest BCUT2D eigenvalue weighted by Gasteiger charge is 2.25. The molecule has 0 aromatic heterocycles. The number of aliphatic hydroxyl groups excluding tert-OH is 1. The molecular formula is C11H13FN2O4. The lowest BCUT2D eigenvalue weighted by atomic mass is 10.1. The minimum Gasteiger partial charge on any atom is -0.394 e. The van der Waals surface area contributed by atoms with Crippen LogP contribution in [0.4, 0.5) is 10.1 Å². The highest BCUT2D eigenvalue weighted by molar-refractivity contribution is 5.98. The van der Waals surface area contributed by atoms with Crippen molar-refractivity contribution in [3.05, 3.63) is 39.7 Å². The van der Waals surface area contributed by atoms with Gasteiger partial charge in [0, 0.05) is 7.05 Å². The van der Waals surface area contributed by atoms with Crippen molar-refractivity contribution >= 4 is 11.6 Å². The Bertz CT molecular complexity index is 478. The van der Waals surface area contributed by atoms with Crippen molar-refractivity contribution in [3.63, 3.8) is 0 Å². The normalized spacial score (nSPS) is 12.0. The highest BCUT2D eigenvalue weighted by atomic mass is 19.1. The Hall–Kier alpha value is -2.02. The molecule has 1 rings (SSSR count). The van der Waals surface area contributed by atoms with E-state index in [9.17, 15) is 19.3 Å². The topological polar surface area (TPSA) is 83.7 Å². The van der Waals surface area contributed by atoms with Gasteiger partial charge in [-0.25, -0.2) is 4.39 Å². The summed E-state index contributed by atoms with van der Waals surface area (Å²) in [7, 11) is 1.41. The van der Waals surface area contributed by atoms with Crippen LogP contribution in [0.3, 0.4) is 0 Å². The van der Waals surface area contributed by atoms with Crippen molar-refractivity contribution in [3.8, 4) is 0 Å². The lowest BCUT2D eigenvalue weighted by molar-refractivity contribution is -0.385. The van der Waals surface area contributed by atoms with Crippen molar-refractivity contribution in [2.45, 2.75) is 13.0 Å². The van der Waals surface area contributed by atoms with E-state index in [-0.39, 0.29) is 12.2 Å². The third-order valence-corrected chi connectivity index (χ3v) is 2.63. The quantitative estimate of drug-likeness (QED) is 0.647. The molecule has 0 saturated carbocycles. The number of carbonyl (C=O) groups is 1. The first-order chi connectivity index (χ1) is 8.38. The zero-order valence-electron chi connectivity index (χ0n) is 9.96. The van der Waals surface area contributed by atoms with Crippen molar-refractivity contribution in [2.24, 2.45) is 0 Å². The molecule has 98 valence electrons. The summed E-state index contributed by atoms with van der Waals surface area (Å²) in [6, 6.07) is 2.26. The van der Waals surface area contributed by atoms with E-state index >= 15 is 0 Å². The molecule has 1 aromatic carbocycles. The second-order valence-corrected chi connectivity index (χ2v) is 3.87. The van der Waals surface area contributed by atoms with Crippen LogP contribution in [0.2, 0.25) is 0 Å².